The van der Waals surface area contributed by atoms with E-state index in [1.165, 1.54) is 35.4 Å². The van der Waals surface area contributed by atoms with Crippen LogP contribution < -0.4 is 16.2 Å². The predicted octanol–water partition coefficient (Wildman–Crippen LogP) is 1.51. The van der Waals surface area contributed by atoms with Crippen molar-refractivity contribution in [1.29, 1.82) is 0 Å². The number of nitrogens with one attached hydrogen (secondary N) is 1. The Kier molecular flexibility index (Phi) is 4.84. The number of carbonyl (C=O) groups excluding carboxylic acids is 1. The molecule has 0 spiro atoms. The van der Waals surface area contributed by atoms with Gasteiger partial charge in [0.25, 0.3) is 5.91 Å². The standard InChI is InChI=1S/C15H16FN3O2/c16-12-3-1-4-13(9-12)19(8-2-7-17)15(21)11-5-6-14(20)18-10-11/h1,3-6,9-10H,2,7-8,17H2,(H,18,20). The van der Waals surface area contributed by atoms with E-state index in [0.717, 1.165) is 0 Å². The Bertz CT molecular complexity index is 664. The normalized spacial score (nSPS) is 10.4. The van der Waals surface area contributed by atoms with E-state index in [1.807, 2.05) is 0 Å². The number of pyridine rings is 1. The number of H-pyrrole nitrogens is 1. The van der Waals surface area contributed by atoms with Gasteiger partial charge in [-0.2, -0.15) is 0 Å². The van der Waals surface area contributed by atoms with Crippen LogP contribution in [0.25, 0.3) is 0 Å². The summed E-state index contributed by atoms with van der Waals surface area (Å²) in [6.45, 7) is 0.794. The minimum absolute atomic E-state index is 0.286. The topological polar surface area (TPSA) is 79.2 Å². The molecule has 1 aromatic carbocycles. The van der Waals surface area contributed by atoms with Crippen LogP contribution in [0.3, 0.4) is 0 Å². The second kappa shape index (κ2) is 6.81. The number of rotatable bonds is 5. The molecular weight excluding hydrogens is 273 g/mol. The van der Waals surface area contributed by atoms with Crippen molar-refractivity contribution < 1.29 is 9.18 Å². The van der Waals surface area contributed by atoms with Crippen LogP contribution in [0, 0.1) is 5.82 Å². The van der Waals surface area contributed by atoms with Gasteiger partial charge in [-0.25, -0.2) is 4.39 Å². The van der Waals surface area contributed by atoms with Crippen LogP contribution in [0.1, 0.15) is 16.8 Å². The molecule has 5 nitrogen and oxygen atoms in total. The Morgan fingerprint density at radius 2 is 2.10 bits per heavy atom. The van der Waals surface area contributed by atoms with Crippen molar-refractivity contribution >= 4 is 11.6 Å². The molecule has 2 aromatic rings. The molecule has 0 aliphatic heterocycles. The molecule has 3 N–H and O–H groups in total. The maximum atomic E-state index is 13.4. The maximum absolute atomic E-state index is 13.4. The first kappa shape index (κ1) is 14.9. The Labute approximate surface area is 121 Å². The SMILES string of the molecule is NCCCN(C(=O)c1ccc(=O)[nH]c1)c1cccc(F)c1. The van der Waals surface area contributed by atoms with Gasteiger partial charge >= 0.3 is 0 Å². The summed E-state index contributed by atoms with van der Waals surface area (Å²) in [6.07, 6.45) is 1.94. The summed E-state index contributed by atoms with van der Waals surface area (Å²) in [5, 5.41) is 0. The number of aromatic amines is 1. The lowest BCUT2D eigenvalue weighted by Crippen LogP contribution is -2.33. The smallest absolute Gasteiger partial charge is 0.259 e. The fourth-order valence-electron chi connectivity index (χ4n) is 1.94. The van der Waals surface area contributed by atoms with Crippen LogP contribution in [0.15, 0.2) is 47.4 Å². The van der Waals surface area contributed by atoms with Crippen LogP contribution in [-0.2, 0) is 0 Å². The fourth-order valence-corrected chi connectivity index (χ4v) is 1.94. The molecular formula is C15H16FN3O2. The van der Waals surface area contributed by atoms with E-state index in [4.69, 9.17) is 5.73 Å². The number of nitrogens with zero attached hydrogens (tertiary/aromatic N) is 1. The highest BCUT2D eigenvalue weighted by molar-refractivity contribution is 6.05. The molecule has 0 radical (unpaired) electrons. The van der Waals surface area contributed by atoms with Crippen molar-refractivity contribution in [2.45, 2.75) is 6.42 Å². The molecule has 2 rings (SSSR count). The molecule has 0 fully saturated rings. The van der Waals surface area contributed by atoms with Crippen molar-refractivity contribution in [3.05, 3.63) is 64.3 Å². The van der Waals surface area contributed by atoms with Gasteiger partial charge in [0.1, 0.15) is 5.82 Å². The van der Waals surface area contributed by atoms with E-state index in [0.29, 0.717) is 30.8 Å². The zero-order chi connectivity index (χ0) is 15.2. The van der Waals surface area contributed by atoms with Gasteiger partial charge in [0.2, 0.25) is 5.56 Å². The number of amides is 1. The molecule has 1 aromatic heterocycles. The van der Waals surface area contributed by atoms with Crippen molar-refractivity contribution in [3.8, 4) is 0 Å². The van der Waals surface area contributed by atoms with Gasteiger partial charge in [0, 0.05) is 24.5 Å². The molecule has 21 heavy (non-hydrogen) atoms. The Morgan fingerprint density at radius 1 is 1.29 bits per heavy atom. The van der Waals surface area contributed by atoms with Gasteiger partial charge in [-0.3, -0.25) is 9.59 Å². The average molecular weight is 289 g/mol. The zero-order valence-corrected chi connectivity index (χ0v) is 11.4. The van der Waals surface area contributed by atoms with E-state index in [9.17, 15) is 14.0 Å². The van der Waals surface area contributed by atoms with Gasteiger partial charge in [0.15, 0.2) is 0 Å². The summed E-state index contributed by atoms with van der Waals surface area (Å²) in [4.78, 5) is 27.5. The summed E-state index contributed by atoms with van der Waals surface area (Å²) in [5.41, 5.74) is 5.99. The Morgan fingerprint density at radius 3 is 2.71 bits per heavy atom. The average Bonchev–Trinajstić information content (AvgIpc) is 2.48. The minimum atomic E-state index is -0.417. The summed E-state index contributed by atoms with van der Waals surface area (Å²) < 4.78 is 13.4. The molecule has 1 heterocycles. The van der Waals surface area contributed by atoms with Gasteiger partial charge < -0.3 is 15.6 Å². The monoisotopic (exact) mass is 289 g/mol. The number of hydrogen-bond acceptors (Lipinski definition) is 3. The Balaban J connectivity index is 2.33. The summed E-state index contributed by atoms with van der Waals surface area (Å²) in [6, 6.07) is 8.52. The molecule has 0 bridgehead atoms. The summed E-state index contributed by atoms with van der Waals surface area (Å²) >= 11 is 0. The van der Waals surface area contributed by atoms with Gasteiger partial charge in [-0.05, 0) is 37.2 Å². The number of benzene rings is 1. The van der Waals surface area contributed by atoms with E-state index in [-0.39, 0.29) is 11.5 Å². The lowest BCUT2D eigenvalue weighted by Gasteiger charge is -2.22. The zero-order valence-electron chi connectivity index (χ0n) is 11.4. The third-order valence-electron chi connectivity index (χ3n) is 2.98. The molecule has 0 aliphatic rings. The van der Waals surface area contributed by atoms with E-state index < -0.39 is 5.82 Å². The van der Waals surface area contributed by atoms with Crippen LogP contribution in [-0.4, -0.2) is 24.0 Å². The highest BCUT2D eigenvalue weighted by atomic mass is 19.1. The van der Waals surface area contributed by atoms with Gasteiger partial charge in [0.05, 0.1) is 5.56 Å². The van der Waals surface area contributed by atoms with Gasteiger partial charge in [-0.1, -0.05) is 6.07 Å². The fraction of sp³-hybridized carbons (Fsp3) is 0.200. The highest BCUT2D eigenvalue weighted by Crippen LogP contribution is 2.18. The first-order valence-electron chi connectivity index (χ1n) is 6.58. The first-order valence-corrected chi connectivity index (χ1v) is 6.58. The molecule has 110 valence electrons. The molecule has 0 aliphatic carbocycles. The predicted molar refractivity (Wildman–Crippen MR) is 78.8 cm³/mol. The van der Waals surface area contributed by atoms with Crippen LogP contribution in [0.2, 0.25) is 0 Å². The molecule has 0 saturated carbocycles. The van der Waals surface area contributed by atoms with E-state index >= 15 is 0 Å². The van der Waals surface area contributed by atoms with Crippen LogP contribution >= 0.6 is 0 Å². The second-order valence-electron chi connectivity index (χ2n) is 4.52. The number of nitrogens with two attached hydrogens (primary N) is 1. The lowest BCUT2D eigenvalue weighted by molar-refractivity contribution is 0.0986. The maximum Gasteiger partial charge on any atom is 0.259 e. The third kappa shape index (κ3) is 3.76. The van der Waals surface area contributed by atoms with Crippen molar-refractivity contribution in [3.63, 3.8) is 0 Å². The first-order chi connectivity index (χ1) is 10.1. The third-order valence-corrected chi connectivity index (χ3v) is 2.98. The van der Waals surface area contributed by atoms with Crippen molar-refractivity contribution in [2.24, 2.45) is 5.73 Å². The van der Waals surface area contributed by atoms with Crippen molar-refractivity contribution in [2.75, 3.05) is 18.0 Å². The summed E-state index contributed by atoms with van der Waals surface area (Å²) in [7, 11) is 0. The van der Waals surface area contributed by atoms with Gasteiger partial charge in [-0.15, -0.1) is 0 Å². The lowest BCUT2D eigenvalue weighted by atomic mass is 10.2. The highest BCUT2D eigenvalue weighted by Gasteiger charge is 2.17. The van der Waals surface area contributed by atoms with E-state index in [2.05, 4.69) is 4.98 Å². The molecule has 0 unspecified atom stereocenters. The van der Waals surface area contributed by atoms with E-state index in [1.54, 1.807) is 12.1 Å². The number of halogens is 1. The summed E-state index contributed by atoms with van der Waals surface area (Å²) in [5.74, 6) is -0.732. The molecule has 0 saturated heterocycles. The number of hydrogen-bond donors (Lipinski definition) is 2. The largest absolute Gasteiger partial charge is 0.330 e. The number of anilines is 1. The van der Waals surface area contributed by atoms with Crippen LogP contribution in [0.4, 0.5) is 10.1 Å². The molecule has 6 heteroatoms. The second-order valence-corrected chi connectivity index (χ2v) is 4.52. The molecule has 1 amide bonds. The van der Waals surface area contributed by atoms with Crippen LogP contribution in [0.5, 0.6) is 0 Å². The quantitative estimate of drug-likeness (QED) is 0.875. The van der Waals surface area contributed by atoms with Crippen molar-refractivity contribution in [1.82, 2.24) is 4.98 Å². The minimum Gasteiger partial charge on any atom is -0.330 e. The number of aromatic nitrogens is 1. The molecule has 0 atom stereocenters. The Hall–Kier alpha value is -2.47. The number of carbonyl (C=O) groups is 1.